The van der Waals surface area contributed by atoms with Crippen molar-refractivity contribution >= 4 is 23.2 Å². The van der Waals surface area contributed by atoms with Crippen LogP contribution in [0.4, 0.5) is 5.69 Å². The van der Waals surface area contributed by atoms with Crippen molar-refractivity contribution in [3.63, 3.8) is 0 Å². The number of anilines is 1. The fourth-order valence-corrected chi connectivity index (χ4v) is 3.09. The van der Waals surface area contributed by atoms with Crippen LogP contribution in [0.25, 0.3) is 0 Å². The second-order valence-corrected chi connectivity index (χ2v) is 6.10. The van der Waals surface area contributed by atoms with E-state index in [4.69, 9.17) is 11.6 Å². The third kappa shape index (κ3) is 4.43. The van der Waals surface area contributed by atoms with E-state index in [1.807, 2.05) is 26.0 Å². The lowest BCUT2D eigenvalue weighted by Crippen LogP contribution is -2.48. The molecular weight excluding hydrogens is 286 g/mol. The minimum atomic E-state index is 0.00815. The molecule has 0 saturated carbocycles. The van der Waals surface area contributed by atoms with Gasteiger partial charge >= 0.3 is 0 Å². The quantitative estimate of drug-likeness (QED) is 0.928. The summed E-state index contributed by atoms with van der Waals surface area (Å²) < 4.78 is 0. The SMILES string of the molecule is CCN1CCN(CC(=O)Nc2c(C)cc(C)cc2Cl)CC1. The highest BCUT2D eigenvalue weighted by molar-refractivity contribution is 6.34. The van der Waals surface area contributed by atoms with Crippen molar-refractivity contribution in [1.29, 1.82) is 0 Å². The Labute approximate surface area is 132 Å². The lowest BCUT2D eigenvalue weighted by molar-refractivity contribution is -0.117. The number of hydrogen-bond donors (Lipinski definition) is 1. The van der Waals surface area contributed by atoms with E-state index in [-0.39, 0.29) is 5.91 Å². The van der Waals surface area contributed by atoms with Crippen molar-refractivity contribution in [2.24, 2.45) is 0 Å². The minimum Gasteiger partial charge on any atom is -0.323 e. The van der Waals surface area contributed by atoms with Crippen molar-refractivity contribution in [2.45, 2.75) is 20.8 Å². The molecule has 1 aliphatic rings. The van der Waals surface area contributed by atoms with Crippen LogP contribution in [0.2, 0.25) is 5.02 Å². The molecule has 1 amide bonds. The van der Waals surface area contributed by atoms with Crippen LogP contribution >= 0.6 is 11.6 Å². The Bertz CT molecular complexity index is 487. The minimum absolute atomic E-state index is 0.00815. The maximum atomic E-state index is 12.2. The zero-order valence-corrected chi connectivity index (χ0v) is 13.8. The van der Waals surface area contributed by atoms with Gasteiger partial charge < -0.3 is 10.2 Å². The average Bonchev–Trinajstić information content (AvgIpc) is 2.43. The number of aryl methyl sites for hydroxylation is 2. The van der Waals surface area contributed by atoms with E-state index in [0.29, 0.717) is 11.6 Å². The Morgan fingerprint density at radius 3 is 2.38 bits per heavy atom. The summed E-state index contributed by atoms with van der Waals surface area (Å²) in [5.74, 6) is 0.00815. The van der Waals surface area contributed by atoms with Crippen molar-refractivity contribution in [3.8, 4) is 0 Å². The molecule has 0 atom stereocenters. The largest absolute Gasteiger partial charge is 0.323 e. The van der Waals surface area contributed by atoms with E-state index in [0.717, 1.165) is 49.5 Å². The molecule has 116 valence electrons. The number of rotatable bonds is 4. The third-order valence-electron chi connectivity index (χ3n) is 3.98. The fraction of sp³-hybridized carbons (Fsp3) is 0.562. The first-order valence-corrected chi connectivity index (χ1v) is 7.88. The number of hydrogen-bond acceptors (Lipinski definition) is 3. The van der Waals surface area contributed by atoms with Crippen LogP contribution in [0.15, 0.2) is 12.1 Å². The maximum absolute atomic E-state index is 12.2. The van der Waals surface area contributed by atoms with Gasteiger partial charge in [0.15, 0.2) is 0 Å². The van der Waals surface area contributed by atoms with Crippen LogP contribution in [-0.2, 0) is 4.79 Å². The third-order valence-corrected chi connectivity index (χ3v) is 4.27. The first-order chi connectivity index (χ1) is 9.99. The Balaban J connectivity index is 1.91. The van der Waals surface area contributed by atoms with Crippen molar-refractivity contribution < 1.29 is 4.79 Å². The fourth-order valence-electron chi connectivity index (χ4n) is 2.72. The monoisotopic (exact) mass is 309 g/mol. The predicted molar refractivity (Wildman–Crippen MR) is 88.1 cm³/mol. The lowest BCUT2D eigenvalue weighted by atomic mass is 10.1. The number of piperazine rings is 1. The predicted octanol–water partition coefficient (Wildman–Crippen LogP) is 2.53. The summed E-state index contributed by atoms with van der Waals surface area (Å²) in [6, 6.07) is 3.91. The molecule has 0 aliphatic carbocycles. The Kier molecular flexibility index (Phi) is 5.62. The van der Waals surface area contributed by atoms with Gasteiger partial charge in [0.2, 0.25) is 5.91 Å². The number of amides is 1. The highest BCUT2D eigenvalue weighted by atomic mass is 35.5. The van der Waals surface area contributed by atoms with Gasteiger partial charge in [-0.2, -0.15) is 0 Å². The molecule has 1 saturated heterocycles. The van der Waals surface area contributed by atoms with Gasteiger partial charge in [-0.05, 0) is 37.6 Å². The zero-order valence-electron chi connectivity index (χ0n) is 13.1. The molecule has 0 bridgehead atoms. The van der Waals surface area contributed by atoms with Crippen LogP contribution in [0, 0.1) is 13.8 Å². The maximum Gasteiger partial charge on any atom is 0.238 e. The number of halogens is 1. The van der Waals surface area contributed by atoms with Gasteiger partial charge in [0.25, 0.3) is 0 Å². The first kappa shape index (κ1) is 16.3. The summed E-state index contributed by atoms with van der Waals surface area (Å²) in [5.41, 5.74) is 2.84. The van der Waals surface area contributed by atoms with Gasteiger partial charge in [0.1, 0.15) is 0 Å². The van der Waals surface area contributed by atoms with Crippen LogP contribution in [0.5, 0.6) is 0 Å². The lowest BCUT2D eigenvalue weighted by Gasteiger charge is -2.33. The first-order valence-electron chi connectivity index (χ1n) is 7.51. The summed E-state index contributed by atoms with van der Waals surface area (Å²) in [7, 11) is 0. The molecule has 1 N–H and O–H groups in total. The van der Waals surface area contributed by atoms with E-state index >= 15 is 0 Å². The van der Waals surface area contributed by atoms with Gasteiger partial charge in [-0.3, -0.25) is 9.69 Å². The van der Waals surface area contributed by atoms with E-state index < -0.39 is 0 Å². The van der Waals surface area contributed by atoms with Crippen molar-refractivity contribution in [1.82, 2.24) is 9.80 Å². The number of nitrogens with one attached hydrogen (secondary N) is 1. The normalized spacial score (nSPS) is 17.0. The smallest absolute Gasteiger partial charge is 0.238 e. The van der Waals surface area contributed by atoms with E-state index in [1.54, 1.807) is 0 Å². The highest BCUT2D eigenvalue weighted by Crippen LogP contribution is 2.27. The number of likely N-dealkylation sites (N-methyl/N-ethyl adjacent to an activating group) is 1. The zero-order chi connectivity index (χ0) is 15.4. The molecule has 1 fully saturated rings. The van der Waals surface area contributed by atoms with E-state index in [9.17, 15) is 4.79 Å². The molecule has 5 heteroatoms. The van der Waals surface area contributed by atoms with Gasteiger partial charge in [0.05, 0.1) is 17.3 Å². The molecule has 1 aromatic carbocycles. The molecular formula is C16H24ClN3O. The summed E-state index contributed by atoms with van der Waals surface area (Å²) >= 11 is 6.22. The summed E-state index contributed by atoms with van der Waals surface area (Å²) in [6.07, 6.45) is 0. The standard InChI is InChI=1S/C16H24ClN3O/c1-4-19-5-7-20(8-6-19)11-15(21)18-16-13(3)9-12(2)10-14(16)17/h9-10H,4-8,11H2,1-3H3,(H,18,21). The van der Waals surface area contributed by atoms with Crippen LogP contribution in [0.3, 0.4) is 0 Å². The molecule has 2 rings (SSSR count). The number of benzene rings is 1. The van der Waals surface area contributed by atoms with Crippen LogP contribution in [-0.4, -0.2) is 55.0 Å². The van der Waals surface area contributed by atoms with Crippen LogP contribution in [0.1, 0.15) is 18.1 Å². The van der Waals surface area contributed by atoms with Gasteiger partial charge in [0, 0.05) is 26.2 Å². The molecule has 0 unspecified atom stereocenters. The number of carbonyl (C=O) groups is 1. The topological polar surface area (TPSA) is 35.6 Å². The Morgan fingerprint density at radius 2 is 1.81 bits per heavy atom. The van der Waals surface area contributed by atoms with Gasteiger partial charge in [-0.1, -0.05) is 24.6 Å². The van der Waals surface area contributed by atoms with E-state index in [2.05, 4.69) is 22.0 Å². The molecule has 21 heavy (non-hydrogen) atoms. The number of nitrogens with zero attached hydrogens (tertiary/aromatic N) is 2. The second-order valence-electron chi connectivity index (χ2n) is 5.70. The molecule has 1 aliphatic heterocycles. The average molecular weight is 310 g/mol. The molecule has 1 aromatic rings. The van der Waals surface area contributed by atoms with Gasteiger partial charge in [-0.15, -0.1) is 0 Å². The van der Waals surface area contributed by atoms with Crippen molar-refractivity contribution in [2.75, 3.05) is 44.6 Å². The molecule has 4 nitrogen and oxygen atoms in total. The highest BCUT2D eigenvalue weighted by Gasteiger charge is 2.18. The summed E-state index contributed by atoms with van der Waals surface area (Å²) in [5, 5.41) is 3.56. The Hall–Kier alpha value is -1.10. The molecule has 1 heterocycles. The van der Waals surface area contributed by atoms with E-state index in [1.165, 1.54) is 0 Å². The summed E-state index contributed by atoms with van der Waals surface area (Å²) in [4.78, 5) is 16.8. The molecule has 0 aromatic heterocycles. The van der Waals surface area contributed by atoms with Gasteiger partial charge in [-0.25, -0.2) is 0 Å². The molecule has 0 radical (unpaired) electrons. The van der Waals surface area contributed by atoms with Crippen LogP contribution < -0.4 is 5.32 Å². The number of carbonyl (C=O) groups excluding carboxylic acids is 1. The molecule has 0 spiro atoms. The van der Waals surface area contributed by atoms with Crippen molar-refractivity contribution in [3.05, 3.63) is 28.3 Å². The summed E-state index contributed by atoms with van der Waals surface area (Å²) in [6.45, 7) is 11.6. The Morgan fingerprint density at radius 1 is 1.19 bits per heavy atom. The second kappa shape index (κ2) is 7.25.